The molecule has 3 aromatic rings. The van der Waals surface area contributed by atoms with Crippen LogP contribution in [0.25, 0.3) is 0 Å². The van der Waals surface area contributed by atoms with Crippen molar-refractivity contribution in [2.24, 2.45) is 0 Å². The van der Waals surface area contributed by atoms with E-state index in [1.807, 2.05) is 42.3 Å². The summed E-state index contributed by atoms with van der Waals surface area (Å²) in [6.45, 7) is 3.60. The van der Waals surface area contributed by atoms with Crippen molar-refractivity contribution in [2.75, 3.05) is 6.54 Å². The van der Waals surface area contributed by atoms with Crippen molar-refractivity contribution in [1.82, 2.24) is 20.2 Å². The van der Waals surface area contributed by atoms with E-state index in [0.29, 0.717) is 29.5 Å². The third-order valence-electron chi connectivity index (χ3n) is 6.98. The Morgan fingerprint density at radius 1 is 1.21 bits per heavy atom. The number of amides is 2. The lowest BCUT2D eigenvalue weighted by Gasteiger charge is -2.45. The third-order valence-corrected chi connectivity index (χ3v) is 8.00. The molecule has 5 rings (SSSR count). The summed E-state index contributed by atoms with van der Waals surface area (Å²) in [5.74, 6) is 0.0688. The Labute approximate surface area is 202 Å². The standard InChI is InChI=1S/C25H25ClN4O2S/c1-16-21(12-29-23(31)22-13-27-15-33-22)20-7-10-30(14-17(20)11-28-16)24(32)25(8-2-9-25)18-3-5-19(26)6-4-18/h3-6,11,13,15H,2,7-10,12,14H2,1H3,(H,29,31). The Morgan fingerprint density at radius 3 is 2.67 bits per heavy atom. The van der Waals surface area contributed by atoms with E-state index in [1.165, 1.54) is 16.9 Å². The Balaban J connectivity index is 1.34. The number of rotatable bonds is 5. The molecule has 3 heterocycles. The van der Waals surface area contributed by atoms with Gasteiger partial charge in [0.2, 0.25) is 5.91 Å². The number of fused-ring (bicyclic) bond motifs is 1. The fourth-order valence-corrected chi connectivity index (χ4v) is 5.60. The van der Waals surface area contributed by atoms with E-state index in [2.05, 4.69) is 15.3 Å². The lowest BCUT2D eigenvalue weighted by Crippen LogP contribution is -2.52. The first-order chi connectivity index (χ1) is 16.0. The average Bonchev–Trinajstić information content (AvgIpc) is 3.33. The summed E-state index contributed by atoms with van der Waals surface area (Å²) < 4.78 is 0. The number of hydrogen-bond donors (Lipinski definition) is 1. The molecule has 0 unspecified atom stereocenters. The molecule has 1 aliphatic carbocycles. The number of halogens is 1. The van der Waals surface area contributed by atoms with Crippen LogP contribution in [-0.2, 0) is 29.7 Å². The highest BCUT2D eigenvalue weighted by Crippen LogP contribution is 2.46. The number of thiazole rings is 1. The molecule has 0 spiro atoms. The van der Waals surface area contributed by atoms with Gasteiger partial charge in [-0.2, -0.15) is 0 Å². The van der Waals surface area contributed by atoms with Gasteiger partial charge < -0.3 is 10.2 Å². The van der Waals surface area contributed by atoms with Crippen LogP contribution in [0.3, 0.4) is 0 Å². The van der Waals surface area contributed by atoms with E-state index in [4.69, 9.17) is 11.6 Å². The van der Waals surface area contributed by atoms with Crippen LogP contribution >= 0.6 is 22.9 Å². The molecule has 2 aliphatic rings. The van der Waals surface area contributed by atoms with E-state index in [1.54, 1.807) is 11.7 Å². The zero-order valence-electron chi connectivity index (χ0n) is 18.4. The average molecular weight is 481 g/mol. The van der Waals surface area contributed by atoms with Crippen LogP contribution < -0.4 is 5.32 Å². The third kappa shape index (κ3) is 4.04. The molecule has 1 aliphatic heterocycles. The van der Waals surface area contributed by atoms with Gasteiger partial charge in [-0.3, -0.25) is 19.6 Å². The van der Waals surface area contributed by atoms with Gasteiger partial charge in [0, 0.05) is 36.5 Å². The van der Waals surface area contributed by atoms with Crippen LogP contribution in [0.15, 0.2) is 42.2 Å². The van der Waals surface area contributed by atoms with Crippen molar-refractivity contribution >= 4 is 34.8 Å². The second-order valence-electron chi connectivity index (χ2n) is 8.79. The van der Waals surface area contributed by atoms with Gasteiger partial charge in [-0.15, -0.1) is 11.3 Å². The van der Waals surface area contributed by atoms with E-state index < -0.39 is 5.41 Å². The molecule has 1 aromatic carbocycles. The molecule has 0 radical (unpaired) electrons. The summed E-state index contributed by atoms with van der Waals surface area (Å²) in [5.41, 5.74) is 6.49. The predicted molar refractivity (Wildman–Crippen MR) is 128 cm³/mol. The van der Waals surface area contributed by atoms with E-state index in [0.717, 1.165) is 48.1 Å². The van der Waals surface area contributed by atoms with Crippen LogP contribution in [0.5, 0.6) is 0 Å². The molecular formula is C25H25ClN4O2S. The number of carbonyl (C=O) groups is 2. The smallest absolute Gasteiger partial charge is 0.263 e. The first-order valence-corrected chi connectivity index (χ1v) is 12.4. The van der Waals surface area contributed by atoms with Crippen molar-refractivity contribution < 1.29 is 9.59 Å². The summed E-state index contributed by atoms with van der Waals surface area (Å²) in [6.07, 6.45) is 7.02. The van der Waals surface area contributed by atoms with Crippen LogP contribution in [0.4, 0.5) is 0 Å². The van der Waals surface area contributed by atoms with E-state index in [-0.39, 0.29) is 11.8 Å². The lowest BCUT2D eigenvalue weighted by atomic mass is 9.63. The highest BCUT2D eigenvalue weighted by molar-refractivity contribution is 7.11. The monoisotopic (exact) mass is 480 g/mol. The van der Waals surface area contributed by atoms with Gasteiger partial charge >= 0.3 is 0 Å². The fourth-order valence-electron chi connectivity index (χ4n) is 4.94. The number of nitrogens with one attached hydrogen (secondary N) is 1. The molecule has 0 atom stereocenters. The minimum absolute atomic E-state index is 0.128. The molecule has 1 saturated carbocycles. The van der Waals surface area contributed by atoms with E-state index in [9.17, 15) is 9.59 Å². The molecule has 8 heteroatoms. The molecule has 170 valence electrons. The largest absolute Gasteiger partial charge is 0.347 e. The number of carbonyl (C=O) groups excluding carboxylic acids is 2. The SMILES string of the molecule is Cc1ncc2c(c1CNC(=O)c1cncs1)CCN(C(=O)C1(c3ccc(Cl)cc3)CCC1)C2. The normalized spacial score (nSPS) is 16.6. The Morgan fingerprint density at radius 2 is 2.00 bits per heavy atom. The van der Waals surface area contributed by atoms with Gasteiger partial charge in [0.1, 0.15) is 4.88 Å². The number of pyridine rings is 1. The van der Waals surface area contributed by atoms with Gasteiger partial charge in [0.05, 0.1) is 17.1 Å². The first-order valence-electron chi connectivity index (χ1n) is 11.2. The topological polar surface area (TPSA) is 75.2 Å². The van der Waals surface area contributed by atoms with Crippen LogP contribution in [0.1, 0.15) is 56.9 Å². The summed E-state index contributed by atoms with van der Waals surface area (Å²) in [4.78, 5) is 37.2. The van der Waals surface area contributed by atoms with Gasteiger partial charge in [0.25, 0.3) is 5.91 Å². The maximum atomic E-state index is 13.7. The maximum absolute atomic E-state index is 13.7. The minimum Gasteiger partial charge on any atom is -0.347 e. The summed E-state index contributed by atoms with van der Waals surface area (Å²) in [6, 6.07) is 7.72. The van der Waals surface area contributed by atoms with E-state index >= 15 is 0 Å². The maximum Gasteiger partial charge on any atom is 0.263 e. The Kier molecular flexibility index (Phi) is 5.93. The molecule has 33 heavy (non-hydrogen) atoms. The van der Waals surface area contributed by atoms with Gasteiger partial charge in [-0.1, -0.05) is 30.2 Å². The zero-order valence-corrected chi connectivity index (χ0v) is 20.0. The first kappa shape index (κ1) is 22.0. The second-order valence-corrected chi connectivity index (χ2v) is 10.1. The van der Waals surface area contributed by atoms with Crippen molar-refractivity contribution in [3.05, 3.63) is 80.0 Å². The van der Waals surface area contributed by atoms with Crippen molar-refractivity contribution in [3.63, 3.8) is 0 Å². The molecule has 6 nitrogen and oxygen atoms in total. The number of aromatic nitrogens is 2. The van der Waals surface area contributed by atoms with Gasteiger partial charge in [0.15, 0.2) is 0 Å². The minimum atomic E-state index is -0.439. The van der Waals surface area contributed by atoms with Gasteiger partial charge in [-0.05, 0) is 60.6 Å². The van der Waals surface area contributed by atoms with Crippen molar-refractivity contribution in [3.8, 4) is 0 Å². The zero-order chi connectivity index (χ0) is 23.0. The predicted octanol–water partition coefficient (Wildman–Crippen LogP) is 4.44. The molecule has 1 fully saturated rings. The molecule has 2 amide bonds. The van der Waals surface area contributed by atoms with Crippen molar-refractivity contribution in [2.45, 2.75) is 51.1 Å². The number of benzene rings is 1. The molecule has 2 aromatic heterocycles. The lowest BCUT2D eigenvalue weighted by molar-refractivity contribution is -0.142. The van der Waals surface area contributed by atoms with Crippen LogP contribution in [-0.4, -0.2) is 33.2 Å². The molecular weight excluding hydrogens is 456 g/mol. The molecule has 0 bridgehead atoms. The highest BCUT2D eigenvalue weighted by Gasteiger charge is 2.48. The Bertz CT molecular complexity index is 1190. The van der Waals surface area contributed by atoms with Crippen LogP contribution in [0, 0.1) is 6.92 Å². The molecule has 0 saturated heterocycles. The Hall–Kier alpha value is -2.77. The molecule has 1 N–H and O–H groups in total. The quantitative estimate of drug-likeness (QED) is 0.586. The summed E-state index contributed by atoms with van der Waals surface area (Å²) in [7, 11) is 0. The van der Waals surface area contributed by atoms with Crippen LogP contribution in [0.2, 0.25) is 5.02 Å². The number of hydrogen-bond acceptors (Lipinski definition) is 5. The number of nitrogens with zero attached hydrogens (tertiary/aromatic N) is 3. The second kappa shape index (κ2) is 8.88. The number of aryl methyl sites for hydroxylation is 1. The summed E-state index contributed by atoms with van der Waals surface area (Å²) in [5, 5.41) is 3.68. The van der Waals surface area contributed by atoms with Crippen molar-refractivity contribution in [1.29, 1.82) is 0 Å². The fraction of sp³-hybridized carbons (Fsp3) is 0.360. The van der Waals surface area contributed by atoms with Gasteiger partial charge in [-0.25, -0.2) is 0 Å². The highest BCUT2D eigenvalue weighted by atomic mass is 35.5. The summed E-state index contributed by atoms with van der Waals surface area (Å²) >= 11 is 7.40.